The SMILES string of the molecule is CC(C)CN(Cn1nc(-c2ccc(C(C)(C)C)cc2)n(C)c1=S)[C@@H]1CCS(=O)(=O)C1. The van der Waals surface area contributed by atoms with Crippen molar-refractivity contribution in [3.63, 3.8) is 0 Å². The average Bonchev–Trinajstić information content (AvgIpc) is 3.14. The molecule has 2 aromatic rings. The van der Waals surface area contributed by atoms with Crippen molar-refractivity contribution in [2.75, 3.05) is 18.1 Å². The normalized spacial score (nSPS) is 19.1. The van der Waals surface area contributed by atoms with E-state index in [9.17, 15) is 8.42 Å². The topological polar surface area (TPSA) is 60.1 Å². The lowest BCUT2D eigenvalue weighted by atomic mass is 9.87. The van der Waals surface area contributed by atoms with Crippen LogP contribution in [-0.4, -0.2) is 51.8 Å². The number of hydrogen-bond donors (Lipinski definition) is 0. The van der Waals surface area contributed by atoms with Crippen molar-refractivity contribution >= 4 is 22.1 Å². The second kappa shape index (κ2) is 8.55. The van der Waals surface area contributed by atoms with Crippen molar-refractivity contribution < 1.29 is 8.42 Å². The zero-order chi connectivity index (χ0) is 22.3. The summed E-state index contributed by atoms with van der Waals surface area (Å²) >= 11 is 5.67. The summed E-state index contributed by atoms with van der Waals surface area (Å²) in [6.07, 6.45) is 0.677. The molecule has 0 N–H and O–H groups in total. The highest BCUT2D eigenvalue weighted by molar-refractivity contribution is 7.91. The molecule has 1 aliphatic heterocycles. The van der Waals surface area contributed by atoms with Gasteiger partial charge in [-0.15, -0.1) is 0 Å². The summed E-state index contributed by atoms with van der Waals surface area (Å²) in [5, 5.41) is 4.81. The Hall–Kier alpha value is -1.51. The first kappa shape index (κ1) is 23.2. The molecular formula is C22H34N4O2S2. The molecule has 1 atom stereocenters. The number of rotatable bonds is 6. The Balaban J connectivity index is 1.88. The molecule has 166 valence electrons. The third-order valence-electron chi connectivity index (χ3n) is 5.69. The lowest BCUT2D eigenvalue weighted by Gasteiger charge is -2.29. The fourth-order valence-electron chi connectivity index (χ4n) is 3.98. The van der Waals surface area contributed by atoms with E-state index in [4.69, 9.17) is 17.3 Å². The summed E-state index contributed by atoms with van der Waals surface area (Å²) in [6.45, 7) is 12.2. The molecule has 0 unspecified atom stereocenters. The molecule has 1 saturated heterocycles. The van der Waals surface area contributed by atoms with E-state index >= 15 is 0 Å². The summed E-state index contributed by atoms with van der Waals surface area (Å²) < 4.78 is 28.4. The highest BCUT2D eigenvalue weighted by atomic mass is 32.2. The number of benzene rings is 1. The van der Waals surface area contributed by atoms with Crippen LogP contribution >= 0.6 is 12.2 Å². The summed E-state index contributed by atoms with van der Waals surface area (Å²) in [6, 6.07) is 8.50. The zero-order valence-electron chi connectivity index (χ0n) is 18.9. The van der Waals surface area contributed by atoms with Crippen LogP contribution in [0.5, 0.6) is 0 Å². The van der Waals surface area contributed by atoms with Gasteiger partial charge in [-0.1, -0.05) is 58.9 Å². The van der Waals surface area contributed by atoms with E-state index in [1.807, 2.05) is 16.3 Å². The predicted octanol–water partition coefficient (Wildman–Crippen LogP) is 4.02. The molecule has 0 radical (unpaired) electrons. The van der Waals surface area contributed by atoms with E-state index in [-0.39, 0.29) is 23.0 Å². The van der Waals surface area contributed by atoms with E-state index in [0.29, 0.717) is 23.8 Å². The molecule has 2 heterocycles. The second-order valence-corrected chi connectivity index (χ2v) is 12.4. The minimum atomic E-state index is -2.94. The highest BCUT2D eigenvalue weighted by Gasteiger charge is 2.33. The fourth-order valence-corrected chi connectivity index (χ4v) is 5.92. The van der Waals surface area contributed by atoms with Crippen LogP contribution in [0.1, 0.15) is 46.6 Å². The van der Waals surface area contributed by atoms with Crippen LogP contribution in [0.25, 0.3) is 11.4 Å². The number of aromatic nitrogens is 3. The monoisotopic (exact) mass is 450 g/mol. The fraction of sp³-hybridized carbons (Fsp3) is 0.636. The van der Waals surface area contributed by atoms with Gasteiger partial charge in [-0.2, -0.15) is 5.10 Å². The molecule has 1 aromatic heterocycles. The molecule has 1 fully saturated rings. The van der Waals surface area contributed by atoms with Gasteiger partial charge in [0, 0.05) is 25.2 Å². The Morgan fingerprint density at radius 3 is 2.37 bits per heavy atom. The average molecular weight is 451 g/mol. The molecule has 0 spiro atoms. The van der Waals surface area contributed by atoms with Crippen LogP contribution in [-0.2, 0) is 29.0 Å². The number of nitrogens with zero attached hydrogens (tertiary/aromatic N) is 4. The molecule has 0 saturated carbocycles. The van der Waals surface area contributed by atoms with Gasteiger partial charge in [-0.3, -0.25) is 4.90 Å². The maximum atomic E-state index is 12.0. The summed E-state index contributed by atoms with van der Waals surface area (Å²) in [5.41, 5.74) is 2.40. The van der Waals surface area contributed by atoms with Crippen molar-refractivity contribution in [1.29, 1.82) is 0 Å². The maximum absolute atomic E-state index is 12.0. The zero-order valence-corrected chi connectivity index (χ0v) is 20.6. The van der Waals surface area contributed by atoms with E-state index in [2.05, 4.69) is 63.8 Å². The second-order valence-electron chi connectivity index (χ2n) is 9.86. The summed E-state index contributed by atoms with van der Waals surface area (Å²) in [4.78, 5) is 2.23. The molecule has 0 aliphatic carbocycles. The van der Waals surface area contributed by atoms with Crippen molar-refractivity contribution in [1.82, 2.24) is 19.2 Å². The Bertz CT molecular complexity index is 1040. The quantitative estimate of drug-likeness (QED) is 0.622. The van der Waals surface area contributed by atoms with Crippen LogP contribution in [0.3, 0.4) is 0 Å². The van der Waals surface area contributed by atoms with Gasteiger partial charge in [-0.25, -0.2) is 13.1 Å². The standard InChI is InChI=1S/C22H34N4O2S2/c1-16(2)13-25(19-11-12-30(27,28)14-19)15-26-21(29)24(6)20(23-26)17-7-9-18(10-8-17)22(3,4)5/h7-10,16,19H,11-15H2,1-6H3/t19-/m1/s1. The molecular weight excluding hydrogens is 416 g/mol. The molecule has 0 bridgehead atoms. The smallest absolute Gasteiger partial charge is 0.199 e. The largest absolute Gasteiger partial charge is 0.303 e. The van der Waals surface area contributed by atoms with Gasteiger partial charge in [0.05, 0.1) is 18.2 Å². The first-order valence-corrected chi connectivity index (χ1v) is 12.8. The first-order valence-electron chi connectivity index (χ1n) is 10.6. The van der Waals surface area contributed by atoms with Gasteiger partial charge >= 0.3 is 0 Å². The predicted molar refractivity (Wildman–Crippen MR) is 125 cm³/mol. The molecule has 3 rings (SSSR count). The molecule has 8 heteroatoms. The number of sulfone groups is 1. The van der Waals surface area contributed by atoms with E-state index in [1.165, 1.54) is 5.56 Å². The molecule has 1 aromatic carbocycles. The van der Waals surface area contributed by atoms with Crippen molar-refractivity contribution in [3.8, 4) is 11.4 Å². The van der Waals surface area contributed by atoms with Gasteiger partial charge in [0.1, 0.15) is 0 Å². The molecule has 30 heavy (non-hydrogen) atoms. The summed E-state index contributed by atoms with van der Waals surface area (Å²) in [7, 11) is -1.01. The Morgan fingerprint density at radius 1 is 1.23 bits per heavy atom. The lowest BCUT2D eigenvalue weighted by molar-refractivity contribution is 0.137. The van der Waals surface area contributed by atoms with Crippen LogP contribution in [0, 0.1) is 10.7 Å². The number of hydrogen-bond acceptors (Lipinski definition) is 5. The van der Waals surface area contributed by atoms with Crippen LogP contribution in [0.4, 0.5) is 0 Å². The third kappa shape index (κ3) is 5.21. The van der Waals surface area contributed by atoms with Gasteiger partial charge < -0.3 is 4.57 Å². The van der Waals surface area contributed by atoms with Gasteiger partial charge in [0.2, 0.25) is 0 Å². The van der Waals surface area contributed by atoms with Gasteiger partial charge in [0.25, 0.3) is 0 Å². The van der Waals surface area contributed by atoms with Crippen LogP contribution in [0.2, 0.25) is 0 Å². The first-order chi connectivity index (χ1) is 13.9. The molecule has 0 amide bonds. The van der Waals surface area contributed by atoms with Crippen LogP contribution < -0.4 is 0 Å². The minimum Gasteiger partial charge on any atom is -0.303 e. The lowest BCUT2D eigenvalue weighted by Crippen LogP contribution is -2.40. The highest BCUT2D eigenvalue weighted by Crippen LogP contribution is 2.26. The molecule has 1 aliphatic rings. The minimum absolute atomic E-state index is 0.0239. The molecule has 6 nitrogen and oxygen atoms in total. The third-order valence-corrected chi connectivity index (χ3v) is 7.93. The Morgan fingerprint density at radius 2 is 1.87 bits per heavy atom. The van der Waals surface area contributed by atoms with Gasteiger partial charge in [-0.05, 0) is 35.5 Å². The van der Waals surface area contributed by atoms with Crippen molar-refractivity contribution in [2.45, 2.75) is 59.2 Å². The van der Waals surface area contributed by atoms with E-state index < -0.39 is 9.84 Å². The van der Waals surface area contributed by atoms with Crippen molar-refractivity contribution in [3.05, 3.63) is 34.6 Å². The van der Waals surface area contributed by atoms with Gasteiger partial charge in [0.15, 0.2) is 20.4 Å². The maximum Gasteiger partial charge on any atom is 0.199 e. The Kier molecular flexibility index (Phi) is 6.60. The van der Waals surface area contributed by atoms with E-state index in [0.717, 1.165) is 17.9 Å². The van der Waals surface area contributed by atoms with E-state index in [1.54, 1.807) is 0 Å². The summed E-state index contributed by atoms with van der Waals surface area (Å²) in [5.74, 6) is 1.74. The van der Waals surface area contributed by atoms with Crippen LogP contribution in [0.15, 0.2) is 24.3 Å². The Labute approximate surface area is 185 Å². The van der Waals surface area contributed by atoms with Crippen molar-refractivity contribution in [2.24, 2.45) is 13.0 Å².